The van der Waals surface area contributed by atoms with E-state index in [1.165, 1.54) is 31.4 Å². The van der Waals surface area contributed by atoms with Crippen molar-refractivity contribution >= 4 is 5.97 Å². The van der Waals surface area contributed by atoms with E-state index in [2.05, 4.69) is 10.1 Å². The minimum absolute atomic E-state index is 0.0127. The molecule has 6 heteroatoms. The molecule has 0 aliphatic rings. The maximum Gasteiger partial charge on any atom is 0.307 e. The molecule has 0 fully saturated rings. The third-order valence-electron chi connectivity index (χ3n) is 2.92. The largest absolute Gasteiger partial charge is 0.469 e. The van der Waals surface area contributed by atoms with Gasteiger partial charge in [0.25, 0.3) is 0 Å². The molecule has 0 heterocycles. The molecule has 0 aliphatic heterocycles. The predicted octanol–water partition coefficient (Wildman–Crippen LogP) is 1.03. The molecule has 2 atom stereocenters. The van der Waals surface area contributed by atoms with Gasteiger partial charge in [0.2, 0.25) is 0 Å². The third kappa shape index (κ3) is 5.24. The Bertz CT molecular complexity index is 410. The monoisotopic (exact) mass is 285 g/mol. The molecule has 0 saturated heterocycles. The number of rotatable bonds is 8. The Kier molecular flexibility index (Phi) is 7.14. The summed E-state index contributed by atoms with van der Waals surface area (Å²) in [5.41, 5.74) is 0.533. The minimum Gasteiger partial charge on any atom is -0.469 e. The van der Waals surface area contributed by atoms with E-state index >= 15 is 0 Å². The van der Waals surface area contributed by atoms with Gasteiger partial charge in [0, 0.05) is 19.7 Å². The standard InChI is InChI=1S/C14H20FNO4/c1-19-8-7-16-12(9-13(17)20-2)14(18)10-3-5-11(15)6-4-10/h3-6,12,14,16,18H,7-9H2,1-2H3. The molecule has 0 radical (unpaired) electrons. The second kappa shape index (κ2) is 8.63. The Balaban J connectivity index is 2.73. The molecule has 1 aromatic rings. The van der Waals surface area contributed by atoms with E-state index in [9.17, 15) is 14.3 Å². The average Bonchev–Trinajstić information content (AvgIpc) is 2.46. The molecular weight excluding hydrogens is 265 g/mol. The number of hydrogen-bond donors (Lipinski definition) is 2. The quantitative estimate of drug-likeness (QED) is 0.551. The molecule has 20 heavy (non-hydrogen) atoms. The average molecular weight is 285 g/mol. The van der Waals surface area contributed by atoms with E-state index in [0.29, 0.717) is 18.7 Å². The number of aliphatic hydroxyl groups is 1. The second-order valence-corrected chi connectivity index (χ2v) is 4.33. The van der Waals surface area contributed by atoms with Crippen molar-refractivity contribution in [3.63, 3.8) is 0 Å². The van der Waals surface area contributed by atoms with Crippen molar-refractivity contribution in [3.05, 3.63) is 35.6 Å². The zero-order chi connectivity index (χ0) is 15.0. The Labute approximate surface area is 117 Å². The number of halogens is 1. The summed E-state index contributed by atoms with van der Waals surface area (Å²) in [6.45, 7) is 0.935. The van der Waals surface area contributed by atoms with Crippen LogP contribution in [0.3, 0.4) is 0 Å². The van der Waals surface area contributed by atoms with Gasteiger partial charge in [0.05, 0.1) is 26.2 Å². The highest BCUT2D eigenvalue weighted by atomic mass is 19.1. The van der Waals surface area contributed by atoms with E-state index < -0.39 is 18.1 Å². The summed E-state index contributed by atoms with van der Waals surface area (Å²) in [5, 5.41) is 13.3. The van der Waals surface area contributed by atoms with E-state index in [4.69, 9.17) is 4.74 Å². The number of methoxy groups -OCH3 is 2. The van der Waals surface area contributed by atoms with Gasteiger partial charge in [-0.25, -0.2) is 4.39 Å². The van der Waals surface area contributed by atoms with Crippen molar-refractivity contribution in [2.75, 3.05) is 27.4 Å². The molecule has 1 rings (SSSR count). The van der Waals surface area contributed by atoms with Crippen LogP contribution in [-0.2, 0) is 14.3 Å². The molecule has 0 spiro atoms. The Morgan fingerprint density at radius 1 is 1.35 bits per heavy atom. The van der Waals surface area contributed by atoms with Crippen LogP contribution in [0.1, 0.15) is 18.1 Å². The van der Waals surface area contributed by atoms with Gasteiger partial charge in [0.1, 0.15) is 5.82 Å². The number of benzene rings is 1. The van der Waals surface area contributed by atoms with Crippen LogP contribution in [0.25, 0.3) is 0 Å². The predicted molar refractivity (Wildman–Crippen MR) is 71.7 cm³/mol. The maximum atomic E-state index is 12.9. The molecule has 1 aromatic carbocycles. The lowest BCUT2D eigenvalue weighted by atomic mass is 9.99. The van der Waals surface area contributed by atoms with E-state index in [1.807, 2.05) is 0 Å². The summed E-state index contributed by atoms with van der Waals surface area (Å²) in [5.74, 6) is -0.807. The SMILES string of the molecule is COCCNC(CC(=O)OC)C(O)c1ccc(F)cc1. The zero-order valence-corrected chi connectivity index (χ0v) is 11.6. The van der Waals surface area contributed by atoms with Gasteiger partial charge in [-0.2, -0.15) is 0 Å². The second-order valence-electron chi connectivity index (χ2n) is 4.33. The van der Waals surface area contributed by atoms with E-state index in [1.54, 1.807) is 7.11 Å². The Morgan fingerprint density at radius 2 is 2.00 bits per heavy atom. The molecule has 0 aliphatic carbocycles. The summed E-state index contributed by atoms with van der Waals surface area (Å²) in [6.07, 6.45) is -0.926. The normalized spacial score (nSPS) is 13.8. The first kappa shape index (κ1) is 16.6. The van der Waals surface area contributed by atoms with Crippen LogP contribution in [0.2, 0.25) is 0 Å². The molecule has 0 saturated carbocycles. The first-order valence-corrected chi connectivity index (χ1v) is 6.31. The fourth-order valence-corrected chi connectivity index (χ4v) is 1.80. The zero-order valence-electron chi connectivity index (χ0n) is 11.6. The molecule has 2 N–H and O–H groups in total. The third-order valence-corrected chi connectivity index (χ3v) is 2.92. The van der Waals surface area contributed by atoms with Gasteiger partial charge in [-0.15, -0.1) is 0 Å². The molecule has 2 unspecified atom stereocenters. The Hall–Kier alpha value is -1.50. The molecule has 5 nitrogen and oxygen atoms in total. The van der Waals surface area contributed by atoms with Crippen LogP contribution >= 0.6 is 0 Å². The van der Waals surface area contributed by atoms with Crippen molar-refractivity contribution in [3.8, 4) is 0 Å². The molecule has 112 valence electrons. The van der Waals surface area contributed by atoms with Crippen molar-refractivity contribution < 1.29 is 23.8 Å². The lowest BCUT2D eigenvalue weighted by molar-refractivity contribution is -0.142. The number of nitrogens with one attached hydrogen (secondary N) is 1. The number of ether oxygens (including phenoxy) is 2. The van der Waals surface area contributed by atoms with Crippen LogP contribution in [-0.4, -0.2) is 44.5 Å². The molecular formula is C14H20FNO4. The van der Waals surface area contributed by atoms with Crippen LogP contribution in [0, 0.1) is 5.82 Å². The maximum absolute atomic E-state index is 12.9. The highest BCUT2D eigenvalue weighted by Gasteiger charge is 2.23. The molecule has 0 aromatic heterocycles. The van der Waals surface area contributed by atoms with Crippen molar-refractivity contribution in [2.24, 2.45) is 0 Å². The summed E-state index contributed by atoms with van der Waals surface area (Å²) < 4.78 is 22.4. The molecule has 0 bridgehead atoms. The van der Waals surface area contributed by atoms with Gasteiger partial charge >= 0.3 is 5.97 Å². The summed E-state index contributed by atoms with van der Waals surface area (Å²) in [4.78, 5) is 11.4. The highest BCUT2D eigenvalue weighted by Crippen LogP contribution is 2.19. The summed E-state index contributed by atoms with van der Waals surface area (Å²) in [7, 11) is 2.85. The van der Waals surface area contributed by atoms with Crippen molar-refractivity contribution in [1.82, 2.24) is 5.32 Å². The van der Waals surface area contributed by atoms with Gasteiger partial charge in [0.15, 0.2) is 0 Å². The Morgan fingerprint density at radius 3 is 2.55 bits per heavy atom. The lowest BCUT2D eigenvalue weighted by Crippen LogP contribution is -2.39. The van der Waals surface area contributed by atoms with E-state index in [-0.39, 0.29) is 12.2 Å². The fraction of sp³-hybridized carbons (Fsp3) is 0.500. The number of hydrogen-bond acceptors (Lipinski definition) is 5. The summed E-state index contributed by atoms with van der Waals surface area (Å²) >= 11 is 0. The van der Waals surface area contributed by atoms with Gasteiger partial charge in [-0.05, 0) is 17.7 Å². The van der Waals surface area contributed by atoms with Crippen molar-refractivity contribution in [1.29, 1.82) is 0 Å². The fourth-order valence-electron chi connectivity index (χ4n) is 1.80. The molecule has 0 amide bonds. The topological polar surface area (TPSA) is 67.8 Å². The van der Waals surface area contributed by atoms with Crippen LogP contribution in [0.15, 0.2) is 24.3 Å². The van der Waals surface area contributed by atoms with Gasteiger partial charge in [-0.1, -0.05) is 12.1 Å². The minimum atomic E-state index is -0.938. The smallest absolute Gasteiger partial charge is 0.307 e. The first-order chi connectivity index (χ1) is 9.58. The van der Waals surface area contributed by atoms with Gasteiger partial charge in [-0.3, -0.25) is 4.79 Å². The summed E-state index contributed by atoms with van der Waals surface area (Å²) in [6, 6.07) is 4.99. The van der Waals surface area contributed by atoms with Crippen molar-refractivity contribution in [2.45, 2.75) is 18.6 Å². The van der Waals surface area contributed by atoms with Gasteiger partial charge < -0.3 is 19.9 Å². The van der Waals surface area contributed by atoms with E-state index in [0.717, 1.165) is 0 Å². The van der Waals surface area contributed by atoms with Crippen LogP contribution in [0.4, 0.5) is 4.39 Å². The van der Waals surface area contributed by atoms with Crippen LogP contribution in [0.5, 0.6) is 0 Å². The first-order valence-electron chi connectivity index (χ1n) is 6.31. The number of carbonyl (C=O) groups is 1. The highest BCUT2D eigenvalue weighted by molar-refractivity contribution is 5.70. The van der Waals surface area contributed by atoms with Crippen LogP contribution < -0.4 is 5.32 Å². The number of aliphatic hydroxyl groups excluding tert-OH is 1. The number of carbonyl (C=O) groups excluding carboxylic acids is 1. The lowest BCUT2D eigenvalue weighted by Gasteiger charge is -2.23. The number of esters is 1.